The molecule has 0 atom stereocenters. The predicted octanol–water partition coefficient (Wildman–Crippen LogP) is 2.98. The molecule has 0 saturated heterocycles. The van der Waals surface area contributed by atoms with E-state index in [1.54, 1.807) is 19.1 Å². The van der Waals surface area contributed by atoms with Gasteiger partial charge in [-0.2, -0.15) is 4.98 Å². The molecular weight excluding hydrogens is 320 g/mol. The molecule has 0 radical (unpaired) electrons. The number of rotatable bonds is 8. The number of hydrogen-bond acceptors (Lipinski definition) is 5. The van der Waals surface area contributed by atoms with Crippen molar-refractivity contribution in [2.45, 2.75) is 39.2 Å². The molecule has 0 aliphatic carbocycles. The number of carbonyl (C=O) groups excluding carboxylic acids is 1. The Labute approximate surface area is 148 Å². The minimum Gasteiger partial charge on any atom is -0.497 e. The molecule has 1 aromatic heterocycles. The summed E-state index contributed by atoms with van der Waals surface area (Å²) < 4.78 is 10.3. The number of methoxy groups -OCH3 is 1. The van der Waals surface area contributed by atoms with Gasteiger partial charge in [-0.25, -0.2) is 4.79 Å². The normalized spacial score (nSPS) is 10.8. The van der Waals surface area contributed by atoms with Crippen LogP contribution in [0, 0.1) is 0 Å². The van der Waals surface area contributed by atoms with Gasteiger partial charge in [0, 0.05) is 32.5 Å². The van der Waals surface area contributed by atoms with Crippen LogP contribution in [-0.2, 0) is 13.0 Å². The number of nitrogens with one attached hydrogen (secondary N) is 1. The first-order valence-electron chi connectivity index (χ1n) is 8.44. The van der Waals surface area contributed by atoms with E-state index in [4.69, 9.17) is 9.26 Å². The number of nitrogens with zero attached hydrogens (tertiary/aromatic N) is 3. The maximum Gasteiger partial charge on any atom is 0.317 e. The molecule has 0 aliphatic heterocycles. The van der Waals surface area contributed by atoms with Gasteiger partial charge in [-0.3, -0.25) is 0 Å². The van der Waals surface area contributed by atoms with E-state index in [0.717, 1.165) is 23.6 Å². The highest BCUT2D eigenvalue weighted by Crippen LogP contribution is 2.13. The third kappa shape index (κ3) is 5.77. The van der Waals surface area contributed by atoms with Crippen LogP contribution in [0.3, 0.4) is 0 Å². The second-order valence-electron chi connectivity index (χ2n) is 6.24. The molecular formula is C18H26N4O3. The molecule has 0 unspecified atom stereocenters. The van der Waals surface area contributed by atoms with Crippen molar-refractivity contribution in [2.24, 2.45) is 0 Å². The summed E-state index contributed by atoms with van der Waals surface area (Å²) in [6.45, 7) is 5.14. The van der Waals surface area contributed by atoms with Crippen molar-refractivity contribution in [3.63, 3.8) is 0 Å². The molecule has 2 amide bonds. The van der Waals surface area contributed by atoms with Crippen molar-refractivity contribution >= 4 is 6.03 Å². The van der Waals surface area contributed by atoms with Gasteiger partial charge in [0.2, 0.25) is 5.89 Å². The van der Waals surface area contributed by atoms with Crippen molar-refractivity contribution in [3.8, 4) is 5.75 Å². The van der Waals surface area contributed by atoms with Gasteiger partial charge < -0.3 is 19.5 Å². The minimum absolute atomic E-state index is 0.107. The van der Waals surface area contributed by atoms with Crippen LogP contribution in [0.25, 0.3) is 0 Å². The van der Waals surface area contributed by atoms with Crippen molar-refractivity contribution in [2.75, 3.05) is 20.7 Å². The van der Waals surface area contributed by atoms with E-state index >= 15 is 0 Å². The molecule has 25 heavy (non-hydrogen) atoms. The Morgan fingerprint density at radius 3 is 2.64 bits per heavy atom. The molecule has 0 fully saturated rings. The van der Waals surface area contributed by atoms with Gasteiger partial charge in [0.05, 0.1) is 7.11 Å². The first kappa shape index (κ1) is 18.8. The van der Waals surface area contributed by atoms with E-state index in [2.05, 4.69) is 15.5 Å². The van der Waals surface area contributed by atoms with Gasteiger partial charge in [0.1, 0.15) is 5.75 Å². The predicted molar refractivity (Wildman–Crippen MR) is 94.6 cm³/mol. The van der Waals surface area contributed by atoms with Crippen LogP contribution < -0.4 is 10.1 Å². The summed E-state index contributed by atoms with van der Waals surface area (Å²) in [5.41, 5.74) is 1.05. The largest absolute Gasteiger partial charge is 0.497 e. The van der Waals surface area contributed by atoms with Crippen LogP contribution in [0.4, 0.5) is 4.79 Å². The van der Waals surface area contributed by atoms with Gasteiger partial charge in [-0.1, -0.05) is 31.1 Å². The zero-order chi connectivity index (χ0) is 18.2. The van der Waals surface area contributed by atoms with E-state index in [1.807, 2.05) is 38.1 Å². The minimum atomic E-state index is -0.107. The van der Waals surface area contributed by atoms with Gasteiger partial charge >= 0.3 is 6.03 Å². The number of carbonyl (C=O) groups is 1. The average molecular weight is 346 g/mol. The second-order valence-corrected chi connectivity index (χ2v) is 6.24. The third-order valence-electron chi connectivity index (χ3n) is 3.77. The molecule has 7 nitrogen and oxygen atoms in total. The number of hydrogen-bond donors (Lipinski definition) is 1. The van der Waals surface area contributed by atoms with E-state index in [0.29, 0.717) is 25.4 Å². The quantitative estimate of drug-likeness (QED) is 0.743. The Morgan fingerprint density at radius 2 is 2.04 bits per heavy atom. The number of amides is 2. The topological polar surface area (TPSA) is 80.5 Å². The van der Waals surface area contributed by atoms with Gasteiger partial charge in [-0.05, 0) is 24.1 Å². The zero-order valence-electron chi connectivity index (χ0n) is 15.3. The van der Waals surface area contributed by atoms with E-state index < -0.39 is 0 Å². The number of benzene rings is 1. The van der Waals surface area contributed by atoms with E-state index in [1.165, 1.54) is 0 Å². The Hall–Kier alpha value is -2.57. The lowest BCUT2D eigenvalue weighted by Crippen LogP contribution is -2.37. The lowest BCUT2D eigenvalue weighted by molar-refractivity contribution is 0.206. The molecule has 0 aliphatic rings. The van der Waals surface area contributed by atoms with Crippen LogP contribution in [0.2, 0.25) is 0 Å². The highest BCUT2D eigenvalue weighted by Gasteiger charge is 2.11. The van der Waals surface area contributed by atoms with Crippen molar-refractivity contribution < 1.29 is 14.1 Å². The molecule has 1 N–H and O–H groups in total. The maximum atomic E-state index is 12.1. The van der Waals surface area contributed by atoms with Gasteiger partial charge in [-0.15, -0.1) is 0 Å². The Bertz CT molecular complexity index is 667. The van der Waals surface area contributed by atoms with Crippen molar-refractivity contribution in [1.82, 2.24) is 20.4 Å². The van der Waals surface area contributed by atoms with Crippen LogP contribution in [0.5, 0.6) is 5.75 Å². The highest BCUT2D eigenvalue weighted by molar-refractivity contribution is 5.73. The summed E-state index contributed by atoms with van der Waals surface area (Å²) in [4.78, 5) is 18.1. The summed E-state index contributed by atoms with van der Waals surface area (Å²) in [6, 6.07) is 7.56. The first-order valence-corrected chi connectivity index (χ1v) is 8.44. The molecule has 136 valence electrons. The van der Waals surface area contributed by atoms with E-state index in [-0.39, 0.29) is 11.9 Å². The molecule has 0 saturated carbocycles. The van der Waals surface area contributed by atoms with Gasteiger partial charge in [0.25, 0.3) is 0 Å². The summed E-state index contributed by atoms with van der Waals surface area (Å²) >= 11 is 0. The van der Waals surface area contributed by atoms with Crippen LogP contribution >= 0.6 is 0 Å². The third-order valence-corrected chi connectivity index (χ3v) is 3.77. The summed E-state index contributed by atoms with van der Waals surface area (Å²) in [6.07, 6.45) is 1.41. The average Bonchev–Trinajstić information content (AvgIpc) is 3.08. The molecule has 0 bridgehead atoms. The first-order chi connectivity index (χ1) is 12.0. The monoisotopic (exact) mass is 346 g/mol. The Morgan fingerprint density at radius 1 is 1.32 bits per heavy atom. The Kier molecular flexibility index (Phi) is 6.80. The fourth-order valence-electron chi connectivity index (χ4n) is 2.25. The molecule has 0 spiro atoms. The molecule has 7 heteroatoms. The van der Waals surface area contributed by atoms with Gasteiger partial charge in [0.15, 0.2) is 5.82 Å². The second kappa shape index (κ2) is 9.05. The fraction of sp³-hybridized carbons (Fsp3) is 0.500. The lowest BCUT2D eigenvalue weighted by atomic mass is 10.2. The highest BCUT2D eigenvalue weighted by atomic mass is 16.5. The fourth-order valence-corrected chi connectivity index (χ4v) is 2.25. The zero-order valence-corrected chi connectivity index (χ0v) is 15.3. The summed E-state index contributed by atoms with van der Waals surface area (Å²) in [5, 5.41) is 6.82. The lowest BCUT2D eigenvalue weighted by Gasteiger charge is -2.18. The number of aromatic nitrogens is 2. The maximum absolute atomic E-state index is 12.1. The number of ether oxygens (including phenoxy) is 1. The number of urea groups is 1. The smallest absolute Gasteiger partial charge is 0.317 e. The molecule has 2 aromatic rings. The van der Waals surface area contributed by atoms with E-state index in [9.17, 15) is 4.79 Å². The van der Waals surface area contributed by atoms with Crippen LogP contribution in [0.15, 0.2) is 28.8 Å². The molecule has 1 aromatic carbocycles. The van der Waals surface area contributed by atoms with Crippen LogP contribution in [0.1, 0.15) is 43.5 Å². The SMILES string of the molecule is COc1ccc(CN(C)C(=O)NCCCc2nc(C(C)C)no2)cc1. The van der Waals surface area contributed by atoms with Crippen LogP contribution in [-0.4, -0.2) is 41.8 Å². The standard InChI is InChI=1S/C18H26N4O3/c1-13(2)17-20-16(25-21-17)6-5-11-19-18(23)22(3)12-14-7-9-15(24-4)10-8-14/h7-10,13H,5-6,11-12H2,1-4H3,(H,19,23). The summed E-state index contributed by atoms with van der Waals surface area (Å²) in [7, 11) is 3.40. The number of aryl methyl sites for hydroxylation is 1. The molecule has 1 heterocycles. The van der Waals surface area contributed by atoms with Crippen molar-refractivity contribution in [1.29, 1.82) is 0 Å². The Balaban J connectivity index is 1.69. The van der Waals surface area contributed by atoms with Crippen molar-refractivity contribution in [3.05, 3.63) is 41.5 Å². The molecule has 2 rings (SSSR count). The summed E-state index contributed by atoms with van der Waals surface area (Å²) in [5.74, 6) is 2.39.